The van der Waals surface area contributed by atoms with Gasteiger partial charge in [0.1, 0.15) is 0 Å². The van der Waals surface area contributed by atoms with E-state index in [4.69, 9.17) is 11.6 Å². The molecule has 0 spiro atoms. The van der Waals surface area contributed by atoms with Crippen molar-refractivity contribution in [1.82, 2.24) is 10.6 Å². The topological polar surface area (TPSA) is 104 Å². The minimum atomic E-state index is -0.928. The van der Waals surface area contributed by atoms with Crippen LogP contribution in [-0.2, 0) is 6.54 Å². The maximum atomic E-state index is 11.8. The van der Waals surface area contributed by atoms with Crippen LogP contribution >= 0.6 is 11.6 Å². The van der Waals surface area contributed by atoms with Crippen LogP contribution in [0.5, 0.6) is 0 Å². The first-order chi connectivity index (χ1) is 11.5. The Bertz CT molecular complexity index is 739. The van der Waals surface area contributed by atoms with Gasteiger partial charge in [0.05, 0.1) is 11.0 Å². The summed E-state index contributed by atoms with van der Waals surface area (Å²) in [6.45, 7) is 0.125. The molecule has 0 saturated heterocycles. The van der Waals surface area contributed by atoms with E-state index in [1.165, 1.54) is 12.1 Å². The lowest BCUT2D eigenvalue weighted by atomic mass is 10.1. The van der Waals surface area contributed by atoms with E-state index in [0.29, 0.717) is 16.1 Å². The molecule has 24 heavy (non-hydrogen) atoms. The summed E-state index contributed by atoms with van der Waals surface area (Å²) in [5.41, 5.74) is 1.09. The van der Waals surface area contributed by atoms with E-state index < -0.39 is 17.1 Å². The highest BCUT2D eigenvalue weighted by Crippen LogP contribution is 2.21. The second kappa shape index (κ2) is 8.28. The van der Waals surface area contributed by atoms with Crippen molar-refractivity contribution in [2.45, 2.75) is 12.6 Å². The number of carbonyl (C=O) groups excluding carboxylic acids is 1. The Hall–Kier alpha value is -2.64. The summed E-state index contributed by atoms with van der Waals surface area (Å²) in [4.78, 5) is 22.0. The molecule has 2 amide bonds. The third-order valence-corrected chi connectivity index (χ3v) is 3.64. The normalized spacial score (nSPS) is 11.6. The first-order valence-corrected chi connectivity index (χ1v) is 7.52. The minimum Gasteiger partial charge on any atom is -0.387 e. The van der Waals surface area contributed by atoms with Crippen molar-refractivity contribution in [2.75, 3.05) is 6.54 Å². The molecule has 1 unspecified atom stereocenters. The summed E-state index contributed by atoms with van der Waals surface area (Å²) in [6, 6.07) is 12.3. The molecule has 0 aromatic heterocycles. The quantitative estimate of drug-likeness (QED) is 0.551. The van der Waals surface area contributed by atoms with Gasteiger partial charge in [0, 0.05) is 35.8 Å². The van der Waals surface area contributed by atoms with Crippen molar-refractivity contribution in [2.24, 2.45) is 0 Å². The summed E-state index contributed by atoms with van der Waals surface area (Å²) in [5.74, 6) is 0. The van der Waals surface area contributed by atoms with Gasteiger partial charge >= 0.3 is 6.03 Å². The third-order valence-electron chi connectivity index (χ3n) is 3.29. The van der Waals surface area contributed by atoms with Crippen molar-refractivity contribution < 1.29 is 14.8 Å². The van der Waals surface area contributed by atoms with Crippen LogP contribution in [0.3, 0.4) is 0 Å². The number of nitro groups is 1. The molecule has 2 aromatic carbocycles. The third kappa shape index (κ3) is 4.94. The largest absolute Gasteiger partial charge is 0.387 e. The SMILES string of the molecule is O=C(NCc1cccc([N+](=O)[O-])c1)NCC(O)c1ccccc1Cl. The van der Waals surface area contributed by atoms with Crippen molar-refractivity contribution in [3.8, 4) is 0 Å². The molecule has 0 heterocycles. The predicted octanol–water partition coefficient (Wildman–Crippen LogP) is 2.78. The van der Waals surface area contributed by atoms with Crippen LogP contribution in [0.1, 0.15) is 17.2 Å². The Kier molecular flexibility index (Phi) is 6.11. The van der Waals surface area contributed by atoms with Crippen LogP contribution in [-0.4, -0.2) is 22.6 Å². The number of non-ortho nitro benzene ring substituents is 1. The first kappa shape index (κ1) is 17.7. The molecule has 0 aliphatic carbocycles. The fourth-order valence-corrected chi connectivity index (χ4v) is 2.33. The van der Waals surface area contributed by atoms with Crippen molar-refractivity contribution >= 4 is 23.3 Å². The lowest BCUT2D eigenvalue weighted by Gasteiger charge is -2.14. The Labute approximate surface area is 143 Å². The molecular weight excluding hydrogens is 334 g/mol. The lowest BCUT2D eigenvalue weighted by Crippen LogP contribution is -2.37. The van der Waals surface area contributed by atoms with Crippen molar-refractivity contribution in [1.29, 1.82) is 0 Å². The van der Waals surface area contributed by atoms with Crippen LogP contribution in [0.4, 0.5) is 10.5 Å². The molecule has 8 heteroatoms. The molecule has 7 nitrogen and oxygen atoms in total. The average Bonchev–Trinajstić information content (AvgIpc) is 2.58. The number of halogens is 1. The highest BCUT2D eigenvalue weighted by molar-refractivity contribution is 6.31. The molecule has 1 atom stereocenters. The van der Waals surface area contributed by atoms with Gasteiger partial charge in [-0.25, -0.2) is 4.79 Å². The zero-order valence-electron chi connectivity index (χ0n) is 12.6. The number of urea groups is 1. The zero-order valence-corrected chi connectivity index (χ0v) is 13.4. The molecule has 2 aromatic rings. The summed E-state index contributed by atoms with van der Waals surface area (Å²) in [6.07, 6.45) is -0.928. The molecule has 0 aliphatic rings. The second-order valence-electron chi connectivity index (χ2n) is 5.03. The molecule has 0 bridgehead atoms. The van der Waals surface area contributed by atoms with E-state index in [-0.39, 0.29) is 18.8 Å². The maximum Gasteiger partial charge on any atom is 0.315 e. The Morgan fingerprint density at radius 3 is 2.67 bits per heavy atom. The number of benzene rings is 2. The van der Waals surface area contributed by atoms with E-state index in [2.05, 4.69) is 10.6 Å². The van der Waals surface area contributed by atoms with Gasteiger partial charge in [-0.15, -0.1) is 0 Å². The minimum absolute atomic E-state index is 0.00942. The molecule has 2 rings (SSSR count). The Balaban J connectivity index is 1.82. The van der Waals surface area contributed by atoms with Crippen LogP contribution in [0.2, 0.25) is 5.02 Å². The molecule has 126 valence electrons. The van der Waals surface area contributed by atoms with Crippen LogP contribution in [0.15, 0.2) is 48.5 Å². The number of rotatable bonds is 6. The smallest absolute Gasteiger partial charge is 0.315 e. The molecule has 0 fully saturated rings. The van der Waals surface area contributed by atoms with Gasteiger partial charge in [0.2, 0.25) is 0 Å². The standard InChI is InChI=1S/C16H16ClN3O4/c17-14-7-2-1-6-13(14)15(21)10-19-16(22)18-9-11-4-3-5-12(8-11)20(23)24/h1-8,15,21H,9-10H2,(H2,18,19,22). The number of aliphatic hydroxyl groups excluding tert-OH is 1. The highest BCUT2D eigenvalue weighted by Gasteiger charge is 2.12. The fourth-order valence-electron chi connectivity index (χ4n) is 2.07. The Morgan fingerprint density at radius 1 is 1.21 bits per heavy atom. The van der Waals surface area contributed by atoms with E-state index in [1.54, 1.807) is 36.4 Å². The van der Waals surface area contributed by atoms with Crippen LogP contribution in [0.25, 0.3) is 0 Å². The zero-order chi connectivity index (χ0) is 17.5. The second-order valence-corrected chi connectivity index (χ2v) is 5.44. The summed E-state index contributed by atoms with van der Waals surface area (Å²) < 4.78 is 0. The summed E-state index contributed by atoms with van der Waals surface area (Å²) in [7, 11) is 0. The average molecular weight is 350 g/mol. The van der Waals surface area contributed by atoms with E-state index in [0.717, 1.165) is 0 Å². The number of nitro benzene ring substituents is 1. The summed E-state index contributed by atoms with van der Waals surface area (Å²) >= 11 is 5.97. The van der Waals surface area contributed by atoms with E-state index in [9.17, 15) is 20.0 Å². The van der Waals surface area contributed by atoms with Gasteiger partial charge in [-0.3, -0.25) is 10.1 Å². The number of aliphatic hydroxyl groups is 1. The number of carbonyl (C=O) groups is 1. The summed E-state index contributed by atoms with van der Waals surface area (Å²) in [5, 5.41) is 26.2. The predicted molar refractivity (Wildman–Crippen MR) is 89.7 cm³/mol. The number of hydrogen-bond donors (Lipinski definition) is 3. The van der Waals surface area contributed by atoms with Crippen molar-refractivity contribution in [3.63, 3.8) is 0 Å². The van der Waals surface area contributed by atoms with Gasteiger partial charge in [-0.05, 0) is 11.6 Å². The molecule has 0 aliphatic heterocycles. The first-order valence-electron chi connectivity index (χ1n) is 7.15. The van der Waals surface area contributed by atoms with Crippen LogP contribution < -0.4 is 10.6 Å². The molecule has 0 saturated carbocycles. The molecular formula is C16H16ClN3O4. The van der Waals surface area contributed by atoms with Crippen molar-refractivity contribution in [3.05, 3.63) is 74.8 Å². The van der Waals surface area contributed by atoms with Gasteiger partial charge in [0.25, 0.3) is 5.69 Å². The highest BCUT2D eigenvalue weighted by atomic mass is 35.5. The van der Waals surface area contributed by atoms with Crippen LogP contribution in [0, 0.1) is 10.1 Å². The van der Waals surface area contributed by atoms with E-state index in [1.807, 2.05) is 0 Å². The van der Waals surface area contributed by atoms with Gasteiger partial charge in [0.15, 0.2) is 0 Å². The van der Waals surface area contributed by atoms with Gasteiger partial charge in [-0.2, -0.15) is 0 Å². The number of amides is 2. The lowest BCUT2D eigenvalue weighted by molar-refractivity contribution is -0.384. The van der Waals surface area contributed by atoms with Gasteiger partial charge < -0.3 is 15.7 Å². The van der Waals surface area contributed by atoms with Gasteiger partial charge in [-0.1, -0.05) is 41.9 Å². The fraction of sp³-hybridized carbons (Fsp3) is 0.188. The molecule has 0 radical (unpaired) electrons. The molecule has 3 N–H and O–H groups in total. The van der Waals surface area contributed by atoms with E-state index >= 15 is 0 Å². The monoisotopic (exact) mass is 349 g/mol. The number of nitrogens with zero attached hydrogens (tertiary/aromatic N) is 1. The number of nitrogens with one attached hydrogen (secondary N) is 2. The maximum absolute atomic E-state index is 11.8. The number of hydrogen-bond acceptors (Lipinski definition) is 4. The Morgan fingerprint density at radius 2 is 1.96 bits per heavy atom.